The Hall–Kier alpha value is -2.08. The van der Waals surface area contributed by atoms with Crippen molar-refractivity contribution in [3.8, 4) is 0 Å². The lowest BCUT2D eigenvalue weighted by molar-refractivity contribution is 0.784. The Labute approximate surface area is 114 Å². The van der Waals surface area contributed by atoms with Gasteiger partial charge in [-0.3, -0.25) is 0 Å². The third-order valence-corrected chi connectivity index (χ3v) is 3.81. The quantitative estimate of drug-likeness (QED) is 0.582. The van der Waals surface area contributed by atoms with Crippen molar-refractivity contribution in [3.63, 3.8) is 0 Å². The van der Waals surface area contributed by atoms with E-state index in [-0.39, 0.29) is 0 Å². The summed E-state index contributed by atoms with van der Waals surface area (Å²) in [5, 5.41) is 2.70. The van der Waals surface area contributed by atoms with E-state index in [0.29, 0.717) is 5.92 Å². The van der Waals surface area contributed by atoms with Crippen LogP contribution in [0.15, 0.2) is 72.8 Å². The van der Waals surface area contributed by atoms with E-state index in [1.165, 1.54) is 21.9 Å². The Balaban J connectivity index is 2.17. The smallest absolute Gasteiger partial charge is 0.00928 e. The van der Waals surface area contributed by atoms with Crippen LogP contribution in [0.4, 0.5) is 0 Å². The minimum atomic E-state index is 0.479. The Morgan fingerprint density at radius 3 is 2.21 bits per heavy atom. The molecule has 0 bridgehead atoms. The van der Waals surface area contributed by atoms with Crippen molar-refractivity contribution >= 4 is 10.8 Å². The van der Waals surface area contributed by atoms with Crippen LogP contribution in [-0.2, 0) is 0 Å². The molecule has 0 aliphatic rings. The lowest BCUT2D eigenvalue weighted by Gasteiger charge is -2.18. The summed E-state index contributed by atoms with van der Waals surface area (Å²) < 4.78 is 0. The summed E-state index contributed by atoms with van der Waals surface area (Å²) >= 11 is 0. The van der Waals surface area contributed by atoms with Crippen LogP contribution in [0.1, 0.15) is 30.4 Å². The van der Waals surface area contributed by atoms with Crippen LogP contribution in [0.2, 0.25) is 0 Å². The highest BCUT2D eigenvalue weighted by Gasteiger charge is 2.13. The molecule has 0 aliphatic heterocycles. The predicted molar refractivity (Wildman–Crippen MR) is 82.5 cm³/mol. The monoisotopic (exact) mass is 246 g/mol. The molecule has 0 saturated heterocycles. The lowest BCUT2D eigenvalue weighted by atomic mass is 9.86. The van der Waals surface area contributed by atoms with Gasteiger partial charge in [0.1, 0.15) is 0 Å². The zero-order valence-corrected chi connectivity index (χ0v) is 11.2. The molecule has 0 fully saturated rings. The van der Waals surface area contributed by atoms with Crippen LogP contribution >= 0.6 is 0 Å². The van der Waals surface area contributed by atoms with Gasteiger partial charge in [0.15, 0.2) is 0 Å². The van der Waals surface area contributed by atoms with Gasteiger partial charge >= 0.3 is 0 Å². The van der Waals surface area contributed by atoms with Gasteiger partial charge in [0.2, 0.25) is 0 Å². The molecule has 0 saturated carbocycles. The molecule has 0 spiro atoms. The summed E-state index contributed by atoms with van der Waals surface area (Å²) in [6, 6.07) is 26.1. The van der Waals surface area contributed by atoms with E-state index >= 15 is 0 Å². The Morgan fingerprint density at radius 1 is 0.737 bits per heavy atom. The van der Waals surface area contributed by atoms with Crippen molar-refractivity contribution in [1.29, 1.82) is 0 Å². The highest BCUT2D eigenvalue weighted by molar-refractivity contribution is 5.86. The summed E-state index contributed by atoms with van der Waals surface area (Å²) in [7, 11) is 0. The first-order valence-electron chi connectivity index (χ1n) is 6.92. The summed E-state index contributed by atoms with van der Waals surface area (Å²) in [5.74, 6) is 0.479. The fourth-order valence-corrected chi connectivity index (χ4v) is 2.87. The van der Waals surface area contributed by atoms with Gasteiger partial charge in [-0.25, -0.2) is 0 Å². The third-order valence-electron chi connectivity index (χ3n) is 3.81. The molecule has 3 aromatic rings. The van der Waals surface area contributed by atoms with Gasteiger partial charge in [-0.05, 0) is 28.3 Å². The van der Waals surface area contributed by atoms with Gasteiger partial charge in [-0.2, -0.15) is 0 Å². The molecule has 3 rings (SSSR count). The second-order valence-electron chi connectivity index (χ2n) is 4.94. The molecule has 0 heteroatoms. The van der Waals surface area contributed by atoms with E-state index in [0.717, 1.165) is 6.42 Å². The first-order chi connectivity index (χ1) is 9.40. The highest BCUT2D eigenvalue weighted by Crippen LogP contribution is 2.32. The minimum absolute atomic E-state index is 0.479. The van der Waals surface area contributed by atoms with Crippen LogP contribution in [-0.4, -0.2) is 0 Å². The van der Waals surface area contributed by atoms with E-state index in [9.17, 15) is 0 Å². The number of benzene rings is 3. The van der Waals surface area contributed by atoms with Crippen LogP contribution in [0.3, 0.4) is 0 Å². The van der Waals surface area contributed by atoms with Gasteiger partial charge < -0.3 is 0 Å². The number of hydrogen-bond acceptors (Lipinski definition) is 0. The second kappa shape index (κ2) is 5.27. The van der Waals surface area contributed by atoms with E-state index in [1.807, 2.05) is 0 Å². The molecule has 3 aromatic carbocycles. The lowest BCUT2D eigenvalue weighted by Crippen LogP contribution is -2.00. The Kier molecular flexibility index (Phi) is 3.33. The van der Waals surface area contributed by atoms with Crippen molar-refractivity contribution in [2.24, 2.45) is 0 Å². The van der Waals surface area contributed by atoms with E-state index < -0.39 is 0 Å². The largest absolute Gasteiger partial charge is 0.0645 e. The van der Waals surface area contributed by atoms with Crippen molar-refractivity contribution in [1.82, 2.24) is 0 Å². The van der Waals surface area contributed by atoms with Gasteiger partial charge in [0.25, 0.3) is 0 Å². The van der Waals surface area contributed by atoms with Crippen molar-refractivity contribution in [3.05, 3.63) is 83.9 Å². The molecule has 0 unspecified atom stereocenters. The molecule has 0 heterocycles. The zero-order valence-electron chi connectivity index (χ0n) is 11.2. The molecule has 1 atom stereocenters. The molecular formula is C19H18. The molecule has 0 amide bonds. The Morgan fingerprint density at radius 2 is 1.42 bits per heavy atom. The summed E-state index contributed by atoms with van der Waals surface area (Å²) in [5.41, 5.74) is 2.84. The van der Waals surface area contributed by atoms with Crippen molar-refractivity contribution in [2.45, 2.75) is 19.3 Å². The van der Waals surface area contributed by atoms with Crippen molar-refractivity contribution in [2.75, 3.05) is 0 Å². The average Bonchev–Trinajstić information content (AvgIpc) is 2.49. The summed E-state index contributed by atoms with van der Waals surface area (Å²) in [6.45, 7) is 2.26. The van der Waals surface area contributed by atoms with E-state index in [1.54, 1.807) is 0 Å². The van der Waals surface area contributed by atoms with E-state index in [4.69, 9.17) is 0 Å². The Bertz CT molecular complexity index is 662. The van der Waals surface area contributed by atoms with Crippen LogP contribution in [0.5, 0.6) is 0 Å². The van der Waals surface area contributed by atoms with Gasteiger partial charge in [-0.1, -0.05) is 79.7 Å². The van der Waals surface area contributed by atoms with Crippen molar-refractivity contribution < 1.29 is 0 Å². The molecule has 0 radical (unpaired) electrons. The topological polar surface area (TPSA) is 0 Å². The first kappa shape index (κ1) is 12.0. The average molecular weight is 246 g/mol. The number of hydrogen-bond donors (Lipinski definition) is 0. The van der Waals surface area contributed by atoms with Gasteiger partial charge in [-0.15, -0.1) is 0 Å². The first-order valence-corrected chi connectivity index (χ1v) is 6.92. The number of rotatable bonds is 3. The normalized spacial score (nSPS) is 12.5. The fourth-order valence-electron chi connectivity index (χ4n) is 2.87. The molecule has 0 aliphatic carbocycles. The van der Waals surface area contributed by atoms with Crippen LogP contribution in [0.25, 0.3) is 10.8 Å². The number of fused-ring (bicyclic) bond motifs is 1. The van der Waals surface area contributed by atoms with E-state index in [2.05, 4.69) is 79.7 Å². The van der Waals surface area contributed by atoms with Crippen LogP contribution in [0, 0.1) is 0 Å². The molecule has 0 N–H and O–H groups in total. The van der Waals surface area contributed by atoms with Crippen LogP contribution < -0.4 is 0 Å². The summed E-state index contributed by atoms with van der Waals surface area (Å²) in [4.78, 5) is 0. The predicted octanol–water partition coefficient (Wildman–Crippen LogP) is 5.38. The minimum Gasteiger partial charge on any atom is -0.0645 e. The fraction of sp³-hybridized carbons (Fsp3) is 0.158. The SMILES string of the molecule is CC[C@@H](c1ccccc1)c1cccc2ccccc12. The van der Waals surface area contributed by atoms with Gasteiger partial charge in [0.05, 0.1) is 0 Å². The molecule has 0 nitrogen and oxygen atoms in total. The summed E-state index contributed by atoms with van der Waals surface area (Å²) in [6.07, 6.45) is 1.12. The molecule has 19 heavy (non-hydrogen) atoms. The zero-order chi connectivity index (χ0) is 13.1. The highest BCUT2D eigenvalue weighted by atomic mass is 14.2. The third kappa shape index (κ3) is 2.26. The van der Waals surface area contributed by atoms with Gasteiger partial charge in [0, 0.05) is 5.92 Å². The molecule has 94 valence electrons. The molecular weight excluding hydrogens is 228 g/mol. The standard InChI is InChI=1S/C19H18/c1-2-17(15-9-4-3-5-10-15)19-14-8-12-16-11-6-7-13-18(16)19/h3-14,17H,2H2,1H3/t17-/m0/s1. The maximum Gasteiger partial charge on any atom is 0.00928 e. The maximum atomic E-state index is 2.27. The maximum absolute atomic E-state index is 2.27. The molecule has 0 aromatic heterocycles. The second-order valence-corrected chi connectivity index (χ2v) is 4.94.